The smallest absolute Gasteiger partial charge is 0.128 e. The highest BCUT2D eigenvalue weighted by molar-refractivity contribution is 5.88. The quantitative estimate of drug-likeness (QED) is 0.853. The molecule has 1 aliphatic rings. The lowest BCUT2D eigenvalue weighted by atomic mass is 10.1. The minimum absolute atomic E-state index is 0.230. The number of nitrogens with zero attached hydrogens (tertiary/aromatic N) is 4. The van der Waals surface area contributed by atoms with E-state index in [4.69, 9.17) is 0 Å². The van der Waals surface area contributed by atoms with E-state index in [0.717, 1.165) is 0 Å². The second-order valence-electron chi connectivity index (χ2n) is 7.12. The van der Waals surface area contributed by atoms with Crippen LogP contribution in [0.4, 0.5) is 22.7 Å². The van der Waals surface area contributed by atoms with Gasteiger partial charge in [-0.2, -0.15) is 0 Å². The minimum Gasteiger partial charge on any atom is -0.376 e. The molecule has 0 radical (unpaired) electrons. The first-order chi connectivity index (χ1) is 11.3. The van der Waals surface area contributed by atoms with Crippen molar-refractivity contribution in [2.24, 2.45) is 0 Å². The number of aryl methyl sites for hydroxylation is 1. The Balaban J connectivity index is 2.09. The molecule has 1 aliphatic heterocycles. The van der Waals surface area contributed by atoms with Gasteiger partial charge >= 0.3 is 0 Å². The van der Waals surface area contributed by atoms with Crippen molar-refractivity contribution in [1.82, 2.24) is 0 Å². The second kappa shape index (κ2) is 5.93. The summed E-state index contributed by atoms with van der Waals surface area (Å²) in [7, 11) is 12.8. The first-order valence-corrected chi connectivity index (χ1v) is 8.36. The van der Waals surface area contributed by atoms with Crippen molar-refractivity contribution in [3.05, 3.63) is 47.5 Å². The molecule has 0 aliphatic carbocycles. The number of fused-ring (bicyclic) bond motifs is 1. The van der Waals surface area contributed by atoms with E-state index in [-0.39, 0.29) is 6.17 Å². The Morgan fingerprint density at radius 3 is 1.54 bits per heavy atom. The Labute approximate surface area is 145 Å². The van der Waals surface area contributed by atoms with Crippen LogP contribution in [-0.4, -0.2) is 42.3 Å². The van der Waals surface area contributed by atoms with E-state index in [1.165, 1.54) is 33.9 Å². The number of hydrogen-bond acceptors (Lipinski definition) is 4. The first-order valence-electron chi connectivity index (χ1n) is 8.36. The third kappa shape index (κ3) is 2.56. The zero-order chi connectivity index (χ0) is 17.6. The van der Waals surface area contributed by atoms with Gasteiger partial charge in [0.25, 0.3) is 0 Å². The molecule has 0 amide bonds. The van der Waals surface area contributed by atoms with Gasteiger partial charge in [0, 0.05) is 42.3 Å². The third-order valence-electron chi connectivity index (χ3n) is 4.90. The highest BCUT2D eigenvalue weighted by Gasteiger charge is 2.33. The Bertz CT molecular complexity index is 693. The van der Waals surface area contributed by atoms with Crippen LogP contribution in [0.5, 0.6) is 0 Å². The summed E-state index contributed by atoms with van der Waals surface area (Å²) in [4.78, 5) is 9.10. The topological polar surface area (TPSA) is 13.0 Å². The van der Waals surface area contributed by atoms with E-state index >= 15 is 0 Å². The highest BCUT2D eigenvalue weighted by atomic mass is 15.4. The molecule has 0 atom stereocenters. The summed E-state index contributed by atoms with van der Waals surface area (Å²) >= 11 is 0. The van der Waals surface area contributed by atoms with Gasteiger partial charge in [-0.25, -0.2) is 0 Å². The molecule has 0 N–H and O–H groups in total. The molecular formula is C20H28N4. The fourth-order valence-corrected chi connectivity index (χ4v) is 3.55. The van der Waals surface area contributed by atoms with E-state index in [1.807, 2.05) is 0 Å². The molecule has 128 valence electrons. The van der Waals surface area contributed by atoms with Gasteiger partial charge in [-0.15, -0.1) is 0 Å². The fraction of sp³-hybridized carbons (Fsp3) is 0.400. The van der Waals surface area contributed by atoms with Crippen LogP contribution >= 0.6 is 0 Å². The van der Waals surface area contributed by atoms with Crippen LogP contribution in [0.1, 0.15) is 17.3 Å². The number of anilines is 4. The van der Waals surface area contributed by atoms with Gasteiger partial charge in [0.1, 0.15) is 6.17 Å². The van der Waals surface area contributed by atoms with E-state index < -0.39 is 0 Å². The standard InChI is InChI=1S/C20H28N4/c1-14-8-10-15(11-9-14)20-23(6)18-12-16(21(2)3)17(22(4)5)13-19(18)24(20)7/h8-13,20H,1-7H3. The Hall–Kier alpha value is -2.36. The molecule has 0 aromatic heterocycles. The lowest BCUT2D eigenvalue weighted by molar-refractivity contribution is 0.694. The van der Waals surface area contributed by atoms with Crippen LogP contribution in [0, 0.1) is 6.92 Å². The summed E-state index contributed by atoms with van der Waals surface area (Å²) in [5.41, 5.74) is 7.64. The Kier molecular flexibility index (Phi) is 4.08. The maximum Gasteiger partial charge on any atom is 0.128 e. The van der Waals surface area contributed by atoms with Crippen molar-refractivity contribution in [2.75, 3.05) is 61.9 Å². The predicted octanol–water partition coefficient (Wildman–Crippen LogP) is 3.71. The molecule has 0 bridgehead atoms. The molecular weight excluding hydrogens is 296 g/mol. The highest BCUT2D eigenvalue weighted by Crippen LogP contribution is 2.48. The molecule has 0 saturated heterocycles. The van der Waals surface area contributed by atoms with Crippen molar-refractivity contribution < 1.29 is 0 Å². The van der Waals surface area contributed by atoms with Crippen LogP contribution in [0.25, 0.3) is 0 Å². The molecule has 0 saturated carbocycles. The third-order valence-corrected chi connectivity index (χ3v) is 4.90. The summed E-state index contributed by atoms with van der Waals surface area (Å²) in [6.45, 7) is 2.13. The average Bonchev–Trinajstić information content (AvgIpc) is 2.78. The molecule has 0 fully saturated rings. The second-order valence-corrected chi connectivity index (χ2v) is 7.12. The van der Waals surface area contributed by atoms with Crippen molar-refractivity contribution in [2.45, 2.75) is 13.1 Å². The molecule has 24 heavy (non-hydrogen) atoms. The summed E-state index contributed by atoms with van der Waals surface area (Å²) in [5, 5.41) is 0. The molecule has 2 aromatic carbocycles. The van der Waals surface area contributed by atoms with Gasteiger partial charge in [0.15, 0.2) is 0 Å². The summed E-state index contributed by atoms with van der Waals surface area (Å²) in [5.74, 6) is 0. The number of benzene rings is 2. The molecule has 4 nitrogen and oxygen atoms in total. The molecule has 4 heteroatoms. The van der Waals surface area contributed by atoms with E-state index in [0.29, 0.717) is 0 Å². The van der Waals surface area contributed by atoms with Gasteiger partial charge in [0.2, 0.25) is 0 Å². The van der Waals surface area contributed by atoms with E-state index in [1.54, 1.807) is 0 Å². The van der Waals surface area contributed by atoms with Crippen LogP contribution < -0.4 is 19.6 Å². The van der Waals surface area contributed by atoms with Crippen molar-refractivity contribution in [1.29, 1.82) is 0 Å². The lowest BCUT2D eigenvalue weighted by Crippen LogP contribution is -2.30. The van der Waals surface area contributed by atoms with Crippen LogP contribution in [0.15, 0.2) is 36.4 Å². The van der Waals surface area contributed by atoms with Gasteiger partial charge in [0.05, 0.1) is 22.7 Å². The Morgan fingerprint density at radius 1 is 0.750 bits per heavy atom. The molecule has 1 heterocycles. The van der Waals surface area contributed by atoms with Crippen molar-refractivity contribution in [3.63, 3.8) is 0 Å². The van der Waals surface area contributed by atoms with Gasteiger partial charge in [-0.3, -0.25) is 0 Å². The van der Waals surface area contributed by atoms with Gasteiger partial charge < -0.3 is 19.6 Å². The summed E-state index contributed by atoms with van der Waals surface area (Å²) < 4.78 is 0. The molecule has 0 unspecified atom stereocenters. The largest absolute Gasteiger partial charge is 0.376 e. The van der Waals surface area contributed by atoms with E-state index in [2.05, 4.69) is 105 Å². The fourth-order valence-electron chi connectivity index (χ4n) is 3.55. The number of rotatable bonds is 3. The first kappa shape index (κ1) is 16.5. The summed E-state index contributed by atoms with van der Waals surface area (Å²) in [6, 6.07) is 13.5. The maximum atomic E-state index is 2.37. The maximum absolute atomic E-state index is 2.37. The van der Waals surface area contributed by atoms with Crippen molar-refractivity contribution in [3.8, 4) is 0 Å². The Morgan fingerprint density at radius 2 is 1.17 bits per heavy atom. The molecule has 3 rings (SSSR count). The predicted molar refractivity (Wildman–Crippen MR) is 106 cm³/mol. The van der Waals surface area contributed by atoms with Crippen LogP contribution in [0.3, 0.4) is 0 Å². The molecule has 2 aromatic rings. The summed E-state index contributed by atoms with van der Waals surface area (Å²) in [6.07, 6.45) is 0.230. The molecule has 0 spiro atoms. The van der Waals surface area contributed by atoms with Gasteiger partial charge in [-0.1, -0.05) is 29.8 Å². The van der Waals surface area contributed by atoms with Crippen LogP contribution in [-0.2, 0) is 0 Å². The monoisotopic (exact) mass is 324 g/mol. The average molecular weight is 324 g/mol. The number of hydrogen-bond donors (Lipinski definition) is 0. The van der Waals surface area contributed by atoms with Crippen LogP contribution in [0.2, 0.25) is 0 Å². The minimum atomic E-state index is 0.230. The zero-order valence-electron chi connectivity index (χ0n) is 15.8. The lowest BCUT2D eigenvalue weighted by Gasteiger charge is -2.28. The normalized spacial score (nSPS) is 14.1. The SMILES string of the molecule is Cc1ccc(C2N(C)c3cc(N(C)C)c(N(C)C)cc3N2C)cc1. The van der Waals surface area contributed by atoms with Crippen molar-refractivity contribution >= 4 is 22.7 Å². The van der Waals surface area contributed by atoms with Gasteiger partial charge in [-0.05, 0) is 24.6 Å². The zero-order valence-corrected chi connectivity index (χ0v) is 15.8. The van der Waals surface area contributed by atoms with E-state index in [9.17, 15) is 0 Å².